The molecular formula is C17H29N. The zero-order chi connectivity index (χ0) is 13.4. The monoisotopic (exact) mass is 247 g/mol. The molecular weight excluding hydrogens is 218 g/mol. The zero-order valence-corrected chi connectivity index (χ0v) is 12.6. The van der Waals surface area contributed by atoms with Crippen LogP contribution in [0.25, 0.3) is 0 Å². The van der Waals surface area contributed by atoms with Crippen LogP contribution >= 0.6 is 0 Å². The highest BCUT2D eigenvalue weighted by molar-refractivity contribution is 5.24. The molecule has 102 valence electrons. The number of hydrogen-bond donors (Lipinski definition) is 0. The quantitative estimate of drug-likeness (QED) is 0.595. The lowest BCUT2D eigenvalue weighted by molar-refractivity contribution is 0.317. The molecule has 0 spiro atoms. The van der Waals surface area contributed by atoms with Crippen molar-refractivity contribution in [3.8, 4) is 0 Å². The molecule has 0 aliphatic rings. The molecule has 0 saturated carbocycles. The third kappa shape index (κ3) is 5.68. The maximum absolute atomic E-state index is 2.43. The van der Waals surface area contributed by atoms with Gasteiger partial charge in [0.05, 0.1) is 0 Å². The van der Waals surface area contributed by atoms with Gasteiger partial charge in [0.1, 0.15) is 0 Å². The molecule has 0 saturated heterocycles. The summed E-state index contributed by atoms with van der Waals surface area (Å²) in [7, 11) is 2.22. The second kappa shape index (κ2) is 8.31. The smallest absolute Gasteiger partial charge is 0.0230 e. The predicted octanol–water partition coefficient (Wildman–Crippen LogP) is 4.82. The summed E-state index contributed by atoms with van der Waals surface area (Å²) >= 11 is 0. The molecule has 0 bridgehead atoms. The van der Waals surface area contributed by atoms with Crippen molar-refractivity contribution in [2.45, 2.75) is 58.9 Å². The Morgan fingerprint density at radius 1 is 1.00 bits per heavy atom. The van der Waals surface area contributed by atoms with Crippen molar-refractivity contribution in [1.29, 1.82) is 0 Å². The van der Waals surface area contributed by atoms with Crippen LogP contribution in [-0.2, 0) is 6.54 Å². The molecule has 1 aromatic carbocycles. The van der Waals surface area contributed by atoms with Crippen LogP contribution in [0.4, 0.5) is 0 Å². The van der Waals surface area contributed by atoms with Gasteiger partial charge in [-0.1, -0.05) is 64.3 Å². The summed E-state index contributed by atoms with van der Waals surface area (Å²) in [5.41, 5.74) is 2.86. The van der Waals surface area contributed by atoms with E-state index in [1.807, 2.05) is 0 Å². The van der Waals surface area contributed by atoms with Crippen molar-refractivity contribution in [3.05, 3.63) is 35.4 Å². The number of nitrogens with zero attached hydrogens (tertiary/aromatic N) is 1. The Morgan fingerprint density at radius 3 is 2.22 bits per heavy atom. The SMILES string of the molecule is CCCCCCN(C)Cc1ccc(C(C)C)cc1. The summed E-state index contributed by atoms with van der Waals surface area (Å²) in [6, 6.07) is 9.09. The first kappa shape index (κ1) is 15.2. The minimum atomic E-state index is 0.630. The molecule has 0 aromatic heterocycles. The van der Waals surface area contributed by atoms with Crippen LogP contribution in [0.3, 0.4) is 0 Å². The zero-order valence-electron chi connectivity index (χ0n) is 12.6. The predicted molar refractivity (Wildman–Crippen MR) is 81.0 cm³/mol. The molecule has 18 heavy (non-hydrogen) atoms. The Kier molecular flexibility index (Phi) is 7.04. The molecule has 0 amide bonds. The average Bonchev–Trinajstić information content (AvgIpc) is 2.35. The van der Waals surface area contributed by atoms with E-state index in [2.05, 4.69) is 57.0 Å². The highest BCUT2D eigenvalue weighted by Crippen LogP contribution is 2.15. The van der Waals surface area contributed by atoms with Gasteiger partial charge in [0, 0.05) is 6.54 Å². The fourth-order valence-electron chi connectivity index (χ4n) is 2.21. The fraction of sp³-hybridized carbons (Fsp3) is 0.647. The topological polar surface area (TPSA) is 3.24 Å². The third-order valence-corrected chi connectivity index (χ3v) is 3.49. The first-order valence-corrected chi connectivity index (χ1v) is 7.41. The summed E-state index contributed by atoms with van der Waals surface area (Å²) in [6.45, 7) is 9.04. The third-order valence-electron chi connectivity index (χ3n) is 3.49. The van der Waals surface area contributed by atoms with Crippen LogP contribution in [0.2, 0.25) is 0 Å². The molecule has 0 fully saturated rings. The van der Waals surface area contributed by atoms with Crippen molar-refractivity contribution in [2.24, 2.45) is 0 Å². The molecule has 0 N–H and O–H groups in total. The van der Waals surface area contributed by atoms with Crippen molar-refractivity contribution < 1.29 is 0 Å². The van der Waals surface area contributed by atoms with Gasteiger partial charge < -0.3 is 4.90 Å². The van der Waals surface area contributed by atoms with E-state index in [1.165, 1.54) is 43.4 Å². The minimum absolute atomic E-state index is 0.630. The Bertz CT molecular complexity index is 313. The standard InChI is InChI=1S/C17H29N/c1-5-6-7-8-13-18(4)14-16-9-11-17(12-10-16)15(2)3/h9-12,15H,5-8,13-14H2,1-4H3. The molecule has 1 rings (SSSR count). The van der Waals surface area contributed by atoms with Crippen molar-refractivity contribution >= 4 is 0 Å². The molecule has 1 heteroatoms. The lowest BCUT2D eigenvalue weighted by atomic mass is 10.0. The normalized spacial score (nSPS) is 11.4. The van der Waals surface area contributed by atoms with Gasteiger partial charge in [-0.15, -0.1) is 0 Å². The second-order valence-corrected chi connectivity index (χ2v) is 5.69. The second-order valence-electron chi connectivity index (χ2n) is 5.69. The Hall–Kier alpha value is -0.820. The molecule has 0 aliphatic heterocycles. The molecule has 0 radical (unpaired) electrons. The van der Waals surface area contributed by atoms with Gasteiger partial charge in [-0.3, -0.25) is 0 Å². The maximum Gasteiger partial charge on any atom is 0.0230 e. The van der Waals surface area contributed by atoms with Crippen LogP contribution in [0.15, 0.2) is 24.3 Å². The molecule has 0 unspecified atom stereocenters. The van der Waals surface area contributed by atoms with E-state index < -0.39 is 0 Å². The van der Waals surface area contributed by atoms with E-state index >= 15 is 0 Å². The summed E-state index contributed by atoms with van der Waals surface area (Å²) in [5.74, 6) is 0.630. The van der Waals surface area contributed by atoms with E-state index in [1.54, 1.807) is 0 Å². The van der Waals surface area contributed by atoms with Crippen molar-refractivity contribution in [3.63, 3.8) is 0 Å². The van der Waals surface area contributed by atoms with E-state index in [0.717, 1.165) is 6.54 Å². The molecule has 1 aromatic rings. The molecule has 0 heterocycles. The summed E-state index contributed by atoms with van der Waals surface area (Å²) in [4.78, 5) is 2.43. The average molecular weight is 247 g/mol. The minimum Gasteiger partial charge on any atom is -0.302 e. The lowest BCUT2D eigenvalue weighted by Gasteiger charge is -2.17. The van der Waals surface area contributed by atoms with Gasteiger partial charge in [-0.25, -0.2) is 0 Å². The van der Waals surface area contributed by atoms with E-state index in [9.17, 15) is 0 Å². The van der Waals surface area contributed by atoms with Crippen LogP contribution in [-0.4, -0.2) is 18.5 Å². The summed E-state index contributed by atoms with van der Waals surface area (Å²) in [5, 5.41) is 0. The number of unbranched alkanes of at least 4 members (excludes halogenated alkanes) is 3. The van der Waals surface area contributed by atoms with E-state index in [0.29, 0.717) is 5.92 Å². The number of benzene rings is 1. The van der Waals surface area contributed by atoms with Gasteiger partial charge in [-0.2, -0.15) is 0 Å². The molecule has 0 atom stereocenters. The van der Waals surface area contributed by atoms with Crippen molar-refractivity contribution in [2.75, 3.05) is 13.6 Å². The Labute approximate surface area is 113 Å². The molecule has 0 aliphatic carbocycles. The van der Waals surface area contributed by atoms with Crippen molar-refractivity contribution in [1.82, 2.24) is 4.90 Å². The van der Waals surface area contributed by atoms with Crippen LogP contribution < -0.4 is 0 Å². The highest BCUT2D eigenvalue weighted by atomic mass is 15.1. The first-order chi connectivity index (χ1) is 8.63. The lowest BCUT2D eigenvalue weighted by Crippen LogP contribution is -2.19. The maximum atomic E-state index is 2.43. The van der Waals surface area contributed by atoms with Crippen LogP contribution in [0.1, 0.15) is 63.5 Å². The van der Waals surface area contributed by atoms with E-state index in [-0.39, 0.29) is 0 Å². The van der Waals surface area contributed by atoms with Gasteiger partial charge in [0.15, 0.2) is 0 Å². The van der Waals surface area contributed by atoms with Gasteiger partial charge in [0.25, 0.3) is 0 Å². The van der Waals surface area contributed by atoms with Gasteiger partial charge in [0.2, 0.25) is 0 Å². The molecule has 1 nitrogen and oxygen atoms in total. The number of hydrogen-bond acceptors (Lipinski definition) is 1. The largest absolute Gasteiger partial charge is 0.302 e. The number of rotatable bonds is 8. The van der Waals surface area contributed by atoms with Gasteiger partial charge >= 0.3 is 0 Å². The summed E-state index contributed by atoms with van der Waals surface area (Å²) < 4.78 is 0. The highest BCUT2D eigenvalue weighted by Gasteiger charge is 2.02. The fourth-order valence-corrected chi connectivity index (χ4v) is 2.21. The Balaban J connectivity index is 2.32. The van der Waals surface area contributed by atoms with E-state index in [4.69, 9.17) is 0 Å². The van der Waals surface area contributed by atoms with Crippen LogP contribution in [0, 0.1) is 0 Å². The Morgan fingerprint density at radius 2 is 1.67 bits per heavy atom. The van der Waals surface area contributed by atoms with Crippen LogP contribution in [0.5, 0.6) is 0 Å². The van der Waals surface area contributed by atoms with Gasteiger partial charge in [-0.05, 0) is 37.1 Å². The first-order valence-electron chi connectivity index (χ1n) is 7.41. The summed E-state index contributed by atoms with van der Waals surface area (Å²) in [6.07, 6.45) is 5.39.